The third-order valence-electron chi connectivity index (χ3n) is 10.7. The van der Waals surface area contributed by atoms with Crippen LogP contribution in [-0.4, -0.2) is 17.3 Å². The maximum absolute atomic E-state index is 2.52. The predicted molar refractivity (Wildman–Crippen MR) is 242 cm³/mol. The van der Waals surface area contributed by atoms with Gasteiger partial charge in [-0.25, -0.2) is 0 Å². The van der Waals surface area contributed by atoms with Crippen LogP contribution >= 0.6 is 35.3 Å². The smallest absolute Gasteiger partial charge is 0.00942 e. The molecule has 1 rings (SSSR count). The van der Waals surface area contributed by atoms with Crippen LogP contribution in [-0.2, 0) is 0 Å². The Morgan fingerprint density at radius 2 is 0.392 bits per heavy atom. The lowest BCUT2D eigenvalue weighted by Crippen LogP contribution is -1.88. The molecule has 0 spiro atoms. The van der Waals surface area contributed by atoms with Crippen molar-refractivity contribution in [3.63, 3.8) is 0 Å². The third-order valence-corrected chi connectivity index (χ3v) is 13.8. The Bertz CT molecular complexity index is 691. The standard InChI is InChI=1S/C48H90S3/c1-4-7-10-13-16-19-22-25-28-31-34-37-40-49-46-43-47(50-41-38-35-32-29-26-23-20-17-14-11-8-5-2)45-48(44-46)51-42-39-36-33-30-27-24-21-18-15-12-9-6-3/h43-45H,4-42H2,1-3H3. The lowest BCUT2D eigenvalue weighted by atomic mass is 10.1. The van der Waals surface area contributed by atoms with Crippen LogP contribution in [0.1, 0.15) is 252 Å². The molecule has 0 N–H and O–H groups in total. The van der Waals surface area contributed by atoms with Gasteiger partial charge in [0.05, 0.1) is 0 Å². The van der Waals surface area contributed by atoms with Gasteiger partial charge in [-0.2, -0.15) is 0 Å². The lowest BCUT2D eigenvalue weighted by Gasteiger charge is -2.10. The van der Waals surface area contributed by atoms with Crippen molar-refractivity contribution in [2.45, 2.75) is 267 Å². The van der Waals surface area contributed by atoms with Gasteiger partial charge < -0.3 is 0 Å². The van der Waals surface area contributed by atoms with Crippen molar-refractivity contribution >= 4 is 35.3 Å². The van der Waals surface area contributed by atoms with Crippen LogP contribution in [0, 0.1) is 0 Å². The minimum absolute atomic E-state index is 1.28. The predicted octanol–water partition coefficient (Wildman–Crippen LogP) is 19.1. The summed E-state index contributed by atoms with van der Waals surface area (Å²) in [5.41, 5.74) is 0. The average molecular weight is 763 g/mol. The fraction of sp³-hybridized carbons (Fsp3) is 0.875. The van der Waals surface area contributed by atoms with Gasteiger partial charge in [0.15, 0.2) is 0 Å². The lowest BCUT2D eigenvalue weighted by molar-refractivity contribution is 0.548. The van der Waals surface area contributed by atoms with Gasteiger partial charge in [-0.1, -0.05) is 233 Å². The first-order valence-electron chi connectivity index (χ1n) is 23.3. The van der Waals surface area contributed by atoms with E-state index >= 15 is 0 Å². The molecule has 3 heteroatoms. The Morgan fingerprint density at radius 1 is 0.235 bits per heavy atom. The highest BCUT2D eigenvalue weighted by molar-refractivity contribution is 8.00. The number of unbranched alkanes of at least 4 members (excludes halogenated alkanes) is 33. The molecule has 0 bridgehead atoms. The summed E-state index contributed by atoms with van der Waals surface area (Å²) in [5, 5.41) is 0. The fourth-order valence-electron chi connectivity index (χ4n) is 7.19. The Balaban J connectivity index is 2.30. The zero-order valence-corrected chi connectivity index (χ0v) is 37.5. The molecule has 0 aliphatic carbocycles. The third kappa shape index (κ3) is 35.7. The fourth-order valence-corrected chi connectivity index (χ4v) is 10.4. The highest BCUT2D eigenvalue weighted by Crippen LogP contribution is 2.33. The van der Waals surface area contributed by atoms with Gasteiger partial charge in [0.25, 0.3) is 0 Å². The van der Waals surface area contributed by atoms with Gasteiger partial charge in [-0.05, 0) is 54.7 Å². The van der Waals surface area contributed by atoms with Gasteiger partial charge in [-0.15, -0.1) is 35.3 Å². The molecule has 0 unspecified atom stereocenters. The van der Waals surface area contributed by atoms with Crippen molar-refractivity contribution in [3.05, 3.63) is 18.2 Å². The Hall–Kier alpha value is 0.270. The Morgan fingerprint density at radius 3 is 0.569 bits per heavy atom. The van der Waals surface area contributed by atoms with Crippen molar-refractivity contribution in [3.8, 4) is 0 Å². The summed E-state index contributed by atoms with van der Waals surface area (Å²) in [5.74, 6) is 3.85. The minimum Gasteiger partial charge on any atom is -0.126 e. The molecule has 0 aliphatic rings. The monoisotopic (exact) mass is 763 g/mol. The van der Waals surface area contributed by atoms with E-state index < -0.39 is 0 Å². The molecule has 0 fully saturated rings. The molecule has 0 heterocycles. The molecule has 0 nitrogen and oxygen atoms in total. The van der Waals surface area contributed by atoms with E-state index in [0.717, 1.165) is 0 Å². The number of benzene rings is 1. The molecule has 1 aromatic rings. The molecule has 1 aromatic carbocycles. The van der Waals surface area contributed by atoms with Gasteiger partial charge >= 0.3 is 0 Å². The highest BCUT2D eigenvalue weighted by atomic mass is 32.2. The van der Waals surface area contributed by atoms with E-state index in [9.17, 15) is 0 Å². The van der Waals surface area contributed by atoms with E-state index in [0.29, 0.717) is 0 Å². The summed E-state index contributed by atoms with van der Waals surface area (Å²) in [7, 11) is 0. The van der Waals surface area contributed by atoms with Crippen molar-refractivity contribution in [2.24, 2.45) is 0 Å². The minimum atomic E-state index is 1.28. The van der Waals surface area contributed by atoms with Crippen LogP contribution in [0.5, 0.6) is 0 Å². The molecule has 0 saturated carbocycles. The van der Waals surface area contributed by atoms with Crippen molar-refractivity contribution < 1.29 is 0 Å². The first kappa shape index (κ1) is 49.3. The highest BCUT2D eigenvalue weighted by Gasteiger charge is 2.05. The van der Waals surface area contributed by atoms with E-state index in [4.69, 9.17) is 0 Å². The molecule has 0 atom stereocenters. The summed E-state index contributed by atoms with van der Waals surface area (Å²) in [6.07, 6.45) is 51.7. The summed E-state index contributed by atoms with van der Waals surface area (Å²) in [4.78, 5) is 4.57. The number of thioether (sulfide) groups is 3. The normalized spacial score (nSPS) is 11.6. The maximum atomic E-state index is 2.52. The van der Waals surface area contributed by atoms with Gasteiger partial charge in [0.2, 0.25) is 0 Å². The summed E-state index contributed by atoms with van der Waals surface area (Å²) < 4.78 is 0. The van der Waals surface area contributed by atoms with E-state index in [1.165, 1.54) is 263 Å². The number of rotatable bonds is 42. The van der Waals surface area contributed by atoms with Crippen LogP contribution in [0.2, 0.25) is 0 Å². The van der Waals surface area contributed by atoms with Crippen molar-refractivity contribution in [1.29, 1.82) is 0 Å². The van der Waals surface area contributed by atoms with Crippen LogP contribution < -0.4 is 0 Å². The van der Waals surface area contributed by atoms with E-state index in [-0.39, 0.29) is 0 Å². The molecule has 0 radical (unpaired) electrons. The molecule has 0 aliphatic heterocycles. The zero-order valence-electron chi connectivity index (χ0n) is 35.0. The summed E-state index contributed by atoms with van der Waals surface area (Å²) in [6.45, 7) is 6.94. The van der Waals surface area contributed by atoms with Gasteiger partial charge in [0, 0.05) is 14.7 Å². The van der Waals surface area contributed by atoms with Crippen molar-refractivity contribution in [2.75, 3.05) is 17.3 Å². The molecule has 0 aromatic heterocycles. The Labute approximate surface area is 335 Å². The molecule has 0 saturated heterocycles. The quantitative estimate of drug-likeness (QED) is 0.0481. The molecule has 300 valence electrons. The molecular formula is C48H90S3. The SMILES string of the molecule is CCCCCCCCCCCCCCSc1cc(SCCCCCCCCCCCCCC)cc(SCCCCCCCCCCCCCC)c1. The second-order valence-corrected chi connectivity index (χ2v) is 19.4. The molecular weight excluding hydrogens is 673 g/mol. The molecule has 0 amide bonds. The van der Waals surface area contributed by atoms with Gasteiger partial charge in [-0.3, -0.25) is 0 Å². The van der Waals surface area contributed by atoms with Gasteiger partial charge in [0.1, 0.15) is 0 Å². The summed E-state index contributed by atoms with van der Waals surface area (Å²) in [6, 6.07) is 7.55. The second-order valence-electron chi connectivity index (χ2n) is 15.9. The molecule has 51 heavy (non-hydrogen) atoms. The largest absolute Gasteiger partial charge is 0.126 e. The summed E-state index contributed by atoms with van der Waals surface area (Å²) >= 11 is 6.38. The topological polar surface area (TPSA) is 0 Å². The first-order chi connectivity index (χ1) is 25.3. The van der Waals surface area contributed by atoms with Crippen LogP contribution in [0.15, 0.2) is 32.9 Å². The average Bonchev–Trinajstić information content (AvgIpc) is 3.14. The Kier molecular flexibility index (Phi) is 40.0. The first-order valence-corrected chi connectivity index (χ1v) is 26.3. The van der Waals surface area contributed by atoms with Crippen LogP contribution in [0.3, 0.4) is 0 Å². The van der Waals surface area contributed by atoms with E-state index in [1.807, 2.05) is 0 Å². The second kappa shape index (κ2) is 41.4. The maximum Gasteiger partial charge on any atom is 0.00942 e. The number of hydrogen-bond donors (Lipinski definition) is 0. The van der Waals surface area contributed by atoms with Crippen LogP contribution in [0.4, 0.5) is 0 Å². The number of hydrogen-bond acceptors (Lipinski definition) is 3. The van der Waals surface area contributed by atoms with Crippen molar-refractivity contribution in [1.82, 2.24) is 0 Å². The van der Waals surface area contributed by atoms with E-state index in [1.54, 1.807) is 0 Å². The van der Waals surface area contributed by atoms with E-state index in [2.05, 4.69) is 74.3 Å². The van der Waals surface area contributed by atoms with Crippen LogP contribution in [0.25, 0.3) is 0 Å². The zero-order chi connectivity index (χ0) is 36.6.